The van der Waals surface area contributed by atoms with E-state index in [9.17, 15) is 4.79 Å². The summed E-state index contributed by atoms with van der Waals surface area (Å²) in [5.41, 5.74) is 3.02. The molecular formula is C23H21NO2S. The van der Waals surface area contributed by atoms with E-state index in [1.165, 1.54) is 0 Å². The van der Waals surface area contributed by atoms with Crippen LogP contribution < -0.4 is 4.90 Å². The van der Waals surface area contributed by atoms with E-state index in [2.05, 4.69) is 12.1 Å². The number of amides is 1. The monoisotopic (exact) mass is 375 g/mol. The zero-order valence-corrected chi connectivity index (χ0v) is 15.9. The zero-order chi connectivity index (χ0) is 18.7. The van der Waals surface area contributed by atoms with Gasteiger partial charge < -0.3 is 4.74 Å². The van der Waals surface area contributed by atoms with Crippen LogP contribution in [0.3, 0.4) is 0 Å². The van der Waals surface area contributed by atoms with Gasteiger partial charge in [0.1, 0.15) is 0 Å². The predicted octanol–water partition coefficient (Wildman–Crippen LogP) is 4.83. The van der Waals surface area contributed by atoms with Crippen LogP contribution in [0.15, 0.2) is 91.0 Å². The first-order valence-corrected chi connectivity index (χ1v) is 10.1. The molecule has 1 amide bonds. The number of carbonyl (C=O) groups excluding carboxylic acids is 1. The van der Waals surface area contributed by atoms with E-state index >= 15 is 0 Å². The number of ether oxygens (including phenoxy) is 1. The number of benzene rings is 3. The van der Waals surface area contributed by atoms with Gasteiger partial charge in [0.15, 0.2) is 11.0 Å². The molecule has 0 spiro atoms. The van der Waals surface area contributed by atoms with Crippen molar-refractivity contribution in [2.75, 3.05) is 11.2 Å². The lowest BCUT2D eigenvalue weighted by molar-refractivity contribution is -0.146. The third kappa shape index (κ3) is 3.05. The van der Waals surface area contributed by atoms with Crippen LogP contribution >= 0.6 is 11.8 Å². The van der Waals surface area contributed by atoms with Crippen LogP contribution in [0.5, 0.6) is 0 Å². The van der Waals surface area contributed by atoms with Gasteiger partial charge in [0.05, 0.1) is 6.61 Å². The second kappa shape index (κ2) is 7.59. The first-order valence-electron chi connectivity index (χ1n) is 8.92. The number of para-hydroxylation sites is 1. The van der Waals surface area contributed by atoms with Crippen molar-refractivity contribution in [1.29, 1.82) is 0 Å². The van der Waals surface area contributed by atoms with Crippen LogP contribution in [0.1, 0.15) is 11.1 Å². The third-order valence-electron chi connectivity index (χ3n) is 4.90. The SMILES string of the molecule is CSC1(c2ccccc2)C(OCc2ccccc2)C(=O)N1c1ccccc1. The predicted molar refractivity (Wildman–Crippen MR) is 111 cm³/mol. The standard InChI is InChI=1S/C23H21NO2S/c1-27-23(19-13-7-3-8-14-19)21(26-17-18-11-5-2-6-12-18)22(25)24(23)20-15-9-4-10-16-20/h2-16,21H,17H2,1H3. The maximum Gasteiger partial charge on any atom is 0.261 e. The Morgan fingerprint density at radius 2 is 1.44 bits per heavy atom. The Hall–Kier alpha value is -2.56. The topological polar surface area (TPSA) is 29.5 Å². The molecule has 1 saturated heterocycles. The van der Waals surface area contributed by atoms with E-state index in [1.54, 1.807) is 11.8 Å². The van der Waals surface area contributed by atoms with Gasteiger partial charge in [-0.1, -0.05) is 78.9 Å². The highest BCUT2D eigenvalue weighted by molar-refractivity contribution is 7.99. The molecule has 2 atom stereocenters. The Morgan fingerprint density at radius 3 is 2.04 bits per heavy atom. The summed E-state index contributed by atoms with van der Waals surface area (Å²) in [5.74, 6) is -0.00432. The molecule has 4 rings (SSSR count). The van der Waals surface area contributed by atoms with Crippen LogP contribution in [0.25, 0.3) is 0 Å². The van der Waals surface area contributed by atoms with Crippen LogP contribution in [-0.2, 0) is 21.0 Å². The maximum atomic E-state index is 13.1. The number of anilines is 1. The van der Waals surface area contributed by atoms with Crippen LogP contribution in [0.4, 0.5) is 5.69 Å². The first-order chi connectivity index (χ1) is 13.3. The fraction of sp³-hybridized carbons (Fsp3) is 0.174. The molecule has 0 saturated carbocycles. The van der Waals surface area contributed by atoms with E-state index < -0.39 is 11.0 Å². The van der Waals surface area contributed by atoms with E-state index in [0.29, 0.717) is 6.61 Å². The lowest BCUT2D eigenvalue weighted by Gasteiger charge is -2.56. The highest BCUT2D eigenvalue weighted by Crippen LogP contribution is 2.53. The summed E-state index contributed by atoms with van der Waals surface area (Å²) in [6.45, 7) is 0.412. The molecule has 1 aliphatic rings. The molecule has 27 heavy (non-hydrogen) atoms. The van der Waals surface area contributed by atoms with Gasteiger partial charge in [0, 0.05) is 5.69 Å². The lowest BCUT2D eigenvalue weighted by Crippen LogP contribution is -2.71. The summed E-state index contributed by atoms with van der Waals surface area (Å²) in [5, 5.41) is 0. The minimum Gasteiger partial charge on any atom is -0.360 e. The van der Waals surface area contributed by atoms with Gasteiger partial charge in [0.2, 0.25) is 0 Å². The Kier molecular flexibility index (Phi) is 5.01. The fourth-order valence-electron chi connectivity index (χ4n) is 3.61. The van der Waals surface area contributed by atoms with E-state index in [0.717, 1.165) is 16.8 Å². The highest BCUT2D eigenvalue weighted by atomic mass is 32.2. The van der Waals surface area contributed by atoms with Gasteiger partial charge in [-0.25, -0.2) is 0 Å². The second-order valence-electron chi connectivity index (χ2n) is 6.45. The number of nitrogens with zero attached hydrogens (tertiary/aromatic N) is 1. The van der Waals surface area contributed by atoms with Crippen molar-refractivity contribution in [2.45, 2.75) is 17.6 Å². The van der Waals surface area contributed by atoms with Gasteiger partial charge in [-0.05, 0) is 29.5 Å². The molecule has 0 N–H and O–H groups in total. The molecular weight excluding hydrogens is 354 g/mol. The van der Waals surface area contributed by atoms with Crippen molar-refractivity contribution in [3.8, 4) is 0 Å². The van der Waals surface area contributed by atoms with Crippen molar-refractivity contribution in [2.24, 2.45) is 0 Å². The van der Waals surface area contributed by atoms with Crippen LogP contribution in [0.2, 0.25) is 0 Å². The summed E-state index contributed by atoms with van der Waals surface area (Å²) in [6.07, 6.45) is 1.50. The van der Waals surface area contributed by atoms with E-state index in [4.69, 9.17) is 4.74 Å². The molecule has 1 heterocycles. The van der Waals surface area contributed by atoms with Crippen molar-refractivity contribution >= 4 is 23.4 Å². The Bertz CT molecular complexity index is 901. The average molecular weight is 375 g/mol. The highest BCUT2D eigenvalue weighted by Gasteiger charge is 2.62. The summed E-state index contributed by atoms with van der Waals surface area (Å²) >= 11 is 1.64. The van der Waals surface area contributed by atoms with Gasteiger partial charge >= 0.3 is 0 Å². The number of β-lactam (4-membered cyclic amide) rings is 1. The quantitative estimate of drug-likeness (QED) is 0.578. The number of thioether (sulfide) groups is 1. The van der Waals surface area contributed by atoms with Crippen molar-refractivity contribution in [1.82, 2.24) is 0 Å². The number of hydrogen-bond donors (Lipinski definition) is 0. The van der Waals surface area contributed by atoms with Crippen LogP contribution in [-0.4, -0.2) is 18.3 Å². The van der Waals surface area contributed by atoms with Gasteiger partial charge in [-0.2, -0.15) is 0 Å². The normalized spacial score (nSPS) is 21.7. The molecule has 3 aromatic rings. The van der Waals surface area contributed by atoms with Crippen molar-refractivity contribution < 1.29 is 9.53 Å². The summed E-state index contributed by atoms with van der Waals surface area (Å²) in [7, 11) is 0. The summed E-state index contributed by atoms with van der Waals surface area (Å²) in [6, 6.07) is 29.9. The molecule has 2 unspecified atom stereocenters. The average Bonchev–Trinajstić information content (AvgIpc) is 2.74. The number of carbonyl (C=O) groups is 1. The van der Waals surface area contributed by atoms with Gasteiger partial charge in [0.25, 0.3) is 5.91 Å². The minimum atomic E-state index is -0.575. The molecule has 3 nitrogen and oxygen atoms in total. The summed E-state index contributed by atoms with van der Waals surface area (Å²) < 4.78 is 6.18. The van der Waals surface area contributed by atoms with Crippen LogP contribution in [0, 0.1) is 0 Å². The van der Waals surface area contributed by atoms with Crippen molar-refractivity contribution in [3.05, 3.63) is 102 Å². The smallest absolute Gasteiger partial charge is 0.261 e. The van der Waals surface area contributed by atoms with E-state index in [-0.39, 0.29) is 5.91 Å². The fourth-order valence-corrected chi connectivity index (χ4v) is 4.74. The molecule has 1 fully saturated rings. The molecule has 0 aromatic heterocycles. The Labute approximate surface area is 164 Å². The zero-order valence-electron chi connectivity index (χ0n) is 15.1. The largest absolute Gasteiger partial charge is 0.360 e. The lowest BCUT2D eigenvalue weighted by atomic mass is 9.88. The molecule has 0 aliphatic carbocycles. The molecule has 1 aliphatic heterocycles. The molecule has 3 aromatic carbocycles. The number of rotatable bonds is 6. The van der Waals surface area contributed by atoms with Crippen molar-refractivity contribution in [3.63, 3.8) is 0 Å². The number of hydrogen-bond acceptors (Lipinski definition) is 3. The molecule has 4 heteroatoms. The Balaban J connectivity index is 1.71. The molecule has 0 bridgehead atoms. The maximum absolute atomic E-state index is 13.1. The first kappa shape index (κ1) is 17.8. The molecule has 136 valence electrons. The third-order valence-corrected chi connectivity index (χ3v) is 6.16. The van der Waals surface area contributed by atoms with E-state index in [1.807, 2.05) is 90.0 Å². The van der Waals surface area contributed by atoms with Gasteiger partial charge in [-0.3, -0.25) is 9.69 Å². The summed E-state index contributed by atoms with van der Waals surface area (Å²) in [4.78, 5) is 14.4. The second-order valence-corrected chi connectivity index (χ2v) is 7.48. The minimum absolute atomic E-state index is 0.00432. The Morgan fingerprint density at radius 1 is 0.889 bits per heavy atom. The molecule has 0 radical (unpaired) electrons. The van der Waals surface area contributed by atoms with Gasteiger partial charge in [-0.15, -0.1) is 11.8 Å².